The number of nitrogens with one attached hydrogen (secondary N) is 1. The molecule has 7 heteroatoms. The van der Waals surface area contributed by atoms with Gasteiger partial charge in [0.25, 0.3) is 15.9 Å². The summed E-state index contributed by atoms with van der Waals surface area (Å²) >= 11 is 5.92. The fourth-order valence-corrected chi connectivity index (χ4v) is 3.93. The number of hydrogen-bond acceptors (Lipinski definition) is 3. The molecule has 0 unspecified atom stereocenters. The Morgan fingerprint density at radius 2 is 1.63 bits per heavy atom. The molecule has 0 heterocycles. The number of rotatable bonds is 5. The third kappa shape index (κ3) is 4.30. The van der Waals surface area contributed by atoms with E-state index in [1.165, 1.54) is 23.5 Å². The van der Waals surface area contributed by atoms with E-state index in [1.807, 2.05) is 6.07 Å². The lowest BCUT2D eigenvalue weighted by Gasteiger charge is -2.19. The first-order valence-electron chi connectivity index (χ1n) is 8.09. The Morgan fingerprint density at radius 3 is 2.33 bits per heavy atom. The van der Waals surface area contributed by atoms with Crippen molar-refractivity contribution in [3.63, 3.8) is 0 Å². The van der Waals surface area contributed by atoms with Gasteiger partial charge in [-0.2, -0.15) is 0 Å². The quantitative estimate of drug-likeness (QED) is 0.689. The van der Waals surface area contributed by atoms with Gasteiger partial charge in [-0.05, 0) is 48.5 Å². The second kappa shape index (κ2) is 7.82. The lowest BCUT2D eigenvalue weighted by Crippen LogP contribution is -2.26. The molecule has 5 nitrogen and oxygen atoms in total. The topological polar surface area (TPSA) is 66.5 Å². The first-order chi connectivity index (χ1) is 12.9. The lowest BCUT2D eigenvalue weighted by atomic mass is 10.2. The first-order valence-corrected chi connectivity index (χ1v) is 9.91. The minimum Gasteiger partial charge on any atom is -0.322 e. The van der Waals surface area contributed by atoms with Gasteiger partial charge in [0.05, 0.1) is 10.6 Å². The Balaban J connectivity index is 1.87. The number of halogens is 1. The molecule has 3 rings (SSSR count). The molecule has 0 aliphatic carbocycles. The van der Waals surface area contributed by atoms with Crippen molar-refractivity contribution in [3.05, 3.63) is 89.4 Å². The number of para-hydroxylation sites is 1. The van der Waals surface area contributed by atoms with Gasteiger partial charge in [-0.3, -0.25) is 9.10 Å². The zero-order valence-electron chi connectivity index (χ0n) is 14.5. The van der Waals surface area contributed by atoms with Crippen LogP contribution in [0.3, 0.4) is 0 Å². The molecule has 0 aliphatic rings. The summed E-state index contributed by atoms with van der Waals surface area (Å²) in [5, 5.41) is 3.20. The van der Waals surface area contributed by atoms with E-state index in [4.69, 9.17) is 11.6 Å². The number of carbonyl (C=O) groups excluding carboxylic acids is 1. The van der Waals surface area contributed by atoms with Gasteiger partial charge < -0.3 is 5.32 Å². The summed E-state index contributed by atoms with van der Waals surface area (Å²) in [6, 6.07) is 21.4. The molecule has 138 valence electrons. The molecule has 0 spiro atoms. The molecule has 0 saturated carbocycles. The summed E-state index contributed by atoms with van der Waals surface area (Å²) in [5.74, 6) is -0.420. The third-order valence-electron chi connectivity index (χ3n) is 3.96. The SMILES string of the molecule is CN(c1ccccc1)S(=O)(=O)c1cccc(C(=O)Nc2cccc(Cl)c2)c1. The second-order valence-corrected chi connectivity index (χ2v) is 8.21. The first kappa shape index (κ1) is 18.9. The van der Waals surface area contributed by atoms with Gasteiger partial charge in [0.1, 0.15) is 0 Å². The normalized spacial score (nSPS) is 11.0. The van der Waals surface area contributed by atoms with E-state index in [1.54, 1.807) is 60.7 Å². The molecule has 0 bridgehead atoms. The van der Waals surface area contributed by atoms with Crippen LogP contribution in [0, 0.1) is 0 Å². The Kier molecular flexibility index (Phi) is 5.48. The van der Waals surface area contributed by atoms with Gasteiger partial charge in [-0.1, -0.05) is 41.9 Å². The van der Waals surface area contributed by atoms with E-state index in [0.717, 1.165) is 0 Å². The Hall–Kier alpha value is -2.83. The van der Waals surface area contributed by atoms with Gasteiger partial charge in [-0.25, -0.2) is 8.42 Å². The molecular weight excluding hydrogens is 384 g/mol. The van der Waals surface area contributed by atoms with Gasteiger partial charge in [0.2, 0.25) is 0 Å². The van der Waals surface area contributed by atoms with Crippen LogP contribution in [0.15, 0.2) is 83.8 Å². The minimum atomic E-state index is -3.80. The maximum absolute atomic E-state index is 12.9. The maximum atomic E-state index is 12.9. The molecule has 3 aromatic rings. The molecular formula is C20H17ClN2O3S. The molecule has 0 aliphatic heterocycles. The van der Waals surface area contributed by atoms with Crippen molar-refractivity contribution in [2.75, 3.05) is 16.7 Å². The highest BCUT2D eigenvalue weighted by molar-refractivity contribution is 7.92. The van der Waals surface area contributed by atoms with Crippen LogP contribution in [0.4, 0.5) is 11.4 Å². The van der Waals surface area contributed by atoms with Crippen LogP contribution in [0.5, 0.6) is 0 Å². The summed E-state index contributed by atoms with van der Waals surface area (Å²) in [7, 11) is -2.32. The van der Waals surface area contributed by atoms with Crippen LogP contribution >= 0.6 is 11.6 Å². The fraction of sp³-hybridized carbons (Fsp3) is 0.0500. The van der Waals surface area contributed by atoms with Crippen LogP contribution < -0.4 is 9.62 Å². The lowest BCUT2D eigenvalue weighted by molar-refractivity contribution is 0.102. The number of sulfonamides is 1. The van der Waals surface area contributed by atoms with Crippen LogP contribution in [0.25, 0.3) is 0 Å². The summed E-state index contributed by atoms with van der Waals surface area (Å²) in [5.41, 5.74) is 1.30. The predicted octanol–water partition coefficient (Wildman–Crippen LogP) is 4.42. The molecule has 27 heavy (non-hydrogen) atoms. The van der Waals surface area contributed by atoms with Crippen LogP contribution in [-0.4, -0.2) is 21.4 Å². The van der Waals surface area contributed by atoms with Crippen LogP contribution in [0.2, 0.25) is 5.02 Å². The van der Waals surface area contributed by atoms with Crippen molar-refractivity contribution >= 4 is 38.9 Å². The largest absolute Gasteiger partial charge is 0.322 e. The molecule has 1 amide bonds. The highest BCUT2D eigenvalue weighted by Gasteiger charge is 2.22. The molecule has 1 N–H and O–H groups in total. The predicted molar refractivity (Wildman–Crippen MR) is 108 cm³/mol. The Labute approximate surface area is 163 Å². The van der Waals surface area contributed by atoms with Crippen molar-refractivity contribution in [1.29, 1.82) is 0 Å². The summed E-state index contributed by atoms with van der Waals surface area (Å²) in [6.45, 7) is 0. The standard InChI is InChI=1S/C20H17ClN2O3S/c1-23(18-10-3-2-4-11-18)27(25,26)19-12-5-7-15(13-19)20(24)22-17-9-6-8-16(21)14-17/h2-14H,1H3,(H,22,24). The number of carbonyl (C=O) groups is 1. The average Bonchev–Trinajstić information content (AvgIpc) is 2.68. The number of nitrogens with zero attached hydrogens (tertiary/aromatic N) is 1. The van der Waals surface area contributed by atoms with E-state index in [-0.39, 0.29) is 10.5 Å². The smallest absolute Gasteiger partial charge is 0.264 e. The Morgan fingerprint density at radius 1 is 0.926 bits per heavy atom. The zero-order chi connectivity index (χ0) is 19.4. The number of amides is 1. The van der Waals surface area contributed by atoms with E-state index in [0.29, 0.717) is 16.4 Å². The number of benzene rings is 3. The second-order valence-electron chi connectivity index (χ2n) is 5.80. The third-order valence-corrected chi connectivity index (χ3v) is 5.97. The van der Waals surface area contributed by atoms with Crippen molar-refractivity contribution in [1.82, 2.24) is 0 Å². The summed E-state index contributed by atoms with van der Waals surface area (Å²) < 4.78 is 27.0. The van der Waals surface area contributed by atoms with E-state index in [2.05, 4.69) is 5.32 Å². The van der Waals surface area contributed by atoms with Crippen molar-refractivity contribution in [2.45, 2.75) is 4.90 Å². The molecule has 0 aromatic heterocycles. The molecule has 0 saturated heterocycles. The molecule has 0 radical (unpaired) electrons. The average molecular weight is 401 g/mol. The highest BCUT2D eigenvalue weighted by atomic mass is 35.5. The Bertz CT molecular complexity index is 1070. The zero-order valence-corrected chi connectivity index (χ0v) is 16.0. The van der Waals surface area contributed by atoms with E-state index >= 15 is 0 Å². The minimum absolute atomic E-state index is 0.0348. The van der Waals surface area contributed by atoms with Crippen LogP contribution in [0.1, 0.15) is 10.4 Å². The van der Waals surface area contributed by atoms with Gasteiger partial charge >= 0.3 is 0 Å². The van der Waals surface area contributed by atoms with Gasteiger partial charge in [0.15, 0.2) is 0 Å². The van der Waals surface area contributed by atoms with E-state index < -0.39 is 15.9 Å². The molecule has 0 fully saturated rings. The fourth-order valence-electron chi connectivity index (χ4n) is 2.50. The van der Waals surface area contributed by atoms with Gasteiger partial charge in [-0.15, -0.1) is 0 Å². The maximum Gasteiger partial charge on any atom is 0.264 e. The van der Waals surface area contributed by atoms with Crippen molar-refractivity contribution < 1.29 is 13.2 Å². The summed E-state index contributed by atoms with van der Waals surface area (Å²) in [4.78, 5) is 12.5. The van der Waals surface area contributed by atoms with Crippen LogP contribution in [-0.2, 0) is 10.0 Å². The monoisotopic (exact) mass is 400 g/mol. The highest BCUT2D eigenvalue weighted by Crippen LogP contribution is 2.23. The molecule has 0 atom stereocenters. The van der Waals surface area contributed by atoms with Gasteiger partial charge in [0, 0.05) is 23.3 Å². The summed E-state index contributed by atoms with van der Waals surface area (Å²) in [6.07, 6.45) is 0. The number of hydrogen-bond donors (Lipinski definition) is 1. The van der Waals surface area contributed by atoms with Crippen molar-refractivity contribution in [3.8, 4) is 0 Å². The number of anilines is 2. The molecule has 3 aromatic carbocycles. The van der Waals surface area contributed by atoms with Crippen molar-refractivity contribution in [2.24, 2.45) is 0 Å². The van der Waals surface area contributed by atoms with E-state index in [9.17, 15) is 13.2 Å².